The van der Waals surface area contributed by atoms with Gasteiger partial charge in [0.05, 0.1) is 12.3 Å². The molecule has 1 heterocycles. The molecule has 3 heteroatoms. The van der Waals surface area contributed by atoms with Gasteiger partial charge in [-0.2, -0.15) is 0 Å². The molecule has 18 heavy (non-hydrogen) atoms. The van der Waals surface area contributed by atoms with Crippen molar-refractivity contribution < 1.29 is 4.74 Å². The van der Waals surface area contributed by atoms with Crippen molar-refractivity contribution in [1.82, 2.24) is 4.98 Å². The van der Waals surface area contributed by atoms with Gasteiger partial charge < -0.3 is 4.74 Å². The van der Waals surface area contributed by atoms with Crippen LogP contribution in [0.1, 0.15) is 53.4 Å². The van der Waals surface area contributed by atoms with Crippen LogP contribution in [0, 0.1) is 5.41 Å². The molecule has 0 aromatic carbocycles. The first-order valence-electron chi connectivity index (χ1n) is 6.83. The summed E-state index contributed by atoms with van der Waals surface area (Å²) >= 11 is 5.73. The van der Waals surface area contributed by atoms with Gasteiger partial charge in [-0.3, -0.25) is 0 Å². The van der Waals surface area contributed by atoms with Gasteiger partial charge in [0.2, 0.25) is 0 Å². The molecule has 0 aliphatic heterocycles. The molecule has 2 nitrogen and oxygen atoms in total. The van der Waals surface area contributed by atoms with Crippen LogP contribution in [0.15, 0.2) is 18.3 Å². The molecule has 0 radical (unpaired) electrons. The summed E-state index contributed by atoms with van der Waals surface area (Å²) in [5.41, 5.74) is 0.406. The maximum atomic E-state index is 5.92. The Labute approximate surface area is 116 Å². The fourth-order valence-corrected chi connectivity index (χ4v) is 2.47. The van der Waals surface area contributed by atoms with Crippen LogP contribution >= 0.6 is 11.6 Å². The van der Waals surface area contributed by atoms with Crippen LogP contribution in [0.5, 0.6) is 5.75 Å². The fourth-order valence-electron chi connectivity index (χ4n) is 2.35. The molecule has 0 spiro atoms. The Balaban J connectivity index is 0.000000771. The van der Waals surface area contributed by atoms with Crippen molar-refractivity contribution >= 4 is 11.6 Å². The molecule has 0 saturated heterocycles. The smallest absolute Gasteiger partial charge is 0.138 e. The van der Waals surface area contributed by atoms with Gasteiger partial charge in [0.25, 0.3) is 0 Å². The topological polar surface area (TPSA) is 22.1 Å². The molecule has 2 rings (SSSR count). The van der Waals surface area contributed by atoms with E-state index in [2.05, 4.69) is 18.8 Å². The second-order valence-electron chi connectivity index (χ2n) is 5.32. The average Bonchev–Trinajstić information content (AvgIpc) is 2.33. The minimum atomic E-state index is 0.326. The van der Waals surface area contributed by atoms with Crippen LogP contribution in [0.25, 0.3) is 0 Å². The minimum Gasteiger partial charge on any atom is -0.489 e. The molecule has 1 unspecified atom stereocenters. The van der Waals surface area contributed by atoms with E-state index in [1.807, 2.05) is 19.9 Å². The van der Waals surface area contributed by atoms with Crippen molar-refractivity contribution in [2.75, 3.05) is 0 Å². The number of halogens is 1. The highest BCUT2D eigenvalue weighted by Crippen LogP contribution is 2.36. The molecule has 1 atom stereocenters. The Morgan fingerprint density at radius 3 is 2.61 bits per heavy atom. The second-order valence-corrected chi connectivity index (χ2v) is 5.70. The molecule has 102 valence electrons. The predicted molar refractivity (Wildman–Crippen MR) is 77.3 cm³/mol. The first-order valence-corrected chi connectivity index (χ1v) is 7.21. The zero-order valence-electron chi connectivity index (χ0n) is 11.9. The van der Waals surface area contributed by atoms with Crippen LogP contribution in [-0.4, -0.2) is 11.1 Å². The summed E-state index contributed by atoms with van der Waals surface area (Å²) in [5, 5.41) is 0.510. The van der Waals surface area contributed by atoms with E-state index in [0.29, 0.717) is 16.7 Å². The number of rotatable bonds is 2. The summed E-state index contributed by atoms with van der Waals surface area (Å²) in [6, 6.07) is 3.65. The van der Waals surface area contributed by atoms with Gasteiger partial charge >= 0.3 is 0 Å². The highest BCUT2D eigenvalue weighted by Gasteiger charge is 2.29. The normalized spacial score (nSPS) is 21.7. The van der Waals surface area contributed by atoms with Gasteiger partial charge in [0, 0.05) is 0 Å². The van der Waals surface area contributed by atoms with E-state index in [0.717, 1.165) is 18.6 Å². The Bertz CT molecular complexity index is 348. The van der Waals surface area contributed by atoms with Crippen LogP contribution in [-0.2, 0) is 0 Å². The van der Waals surface area contributed by atoms with Crippen molar-refractivity contribution in [3.05, 3.63) is 23.5 Å². The SMILES string of the molecule is CC.CC1(C)CCCC(Oc2ccc(Cl)nc2)C1. The lowest BCUT2D eigenvalue weighted by Gasteiger charge is -2.35. The fraction of sp³-hybridized carbons (Fsp3) is 0.667. The van der Waals surface area contributed by atoms with Gasteiger partial charge in [-0.05, 0) is 43.2 Å². The Morgan fingerprint density at radius 2 is 2.06 bits per heavy atom. The number of ether oxygens (including phenoxy) is 1. The largest absolute Gasteiger partial charge is 0.489 e. The van der Waals surface area contributed by atoms with Crippen LogP contribution in [0.2, 0.25) is 5.15 Å². The first-order chi connectivity index (χ1) is 8.55. The molecule has 1 fully saturated rings. The molecule has 1 aliphatic carbocycles. The van der Waals surface area contributed by atoms with Gasteiger partial charge in [0.1, 0.15) is 10.9 Å². The lowest BCUT2D eigenvalue weighted by Crippen LogP contribution is -2.30. The second kappa shape index (κ2) is 6.98. The highest BCUT2D eigenvalue weighted by molar-refractivity contribution is 6.29. The highest BCUT2D eigenvalue weighted by atomic mass is 35.5. The molecule has 0 N–H and O–H groups in total. The summed E-state index contributed by atoms with van der Waals surface area (Å²) in [5.74, 6) is 0.826. The van der Waals surface area contributed by atoms with E-state index in [1.165, 1.54) is 12.8 Å². The summed E-state index contributed by atoms with van der Waals surface area (Å²) in [6.07, 6.45) is 6.84. The Kier molecular flexibility index (Phi) is 5.94. The van der Waals surface area contributed by atoms with E-state index in [-0.39, 0.29) is 0 Å². The zero-order valence-corrected chi connectivity index (χ0v) is 12.6. The third-order valence-electron chi connectivity index (χ3n) is 3.16. The van der Waals surface area contributed by atoms with Crippen LogP contribution in [0.4, 0.5) is 0 Å². The van der Waals surface area contributed by atoms with E-state index in [1.54, 1.807) is 12.3 Å². The molecule has 1 aliphatic rings. The van der Waals surface area contributed by atoms with Crippen molar-refractivity contribution in [2.45, 2.75) is 59.5 Å². The monoisotopic (exact) mass is 269 g/mol. The summed E-state index contributed by atoms with van der Waals surface area (Å²) in [7, 11) is 0. The maximum absolute atomic E-state index is 5.92. The lowest BCUT2D eigenvalue weighted by molar-refractivity contribution is 0.0848. The number of hydrogen-bond donors (Lipinski definition) is 0. The molecule has 1 aromatic heterocycles. The summed E-state index contributed by atoms with van der Waals surface area (Å²) < 4.78 is 5.92. The van der Waals surface area contributed by atoms with Gasteiger partial charge in [0.15, 0.2) is 0 Å². The third-order valence-corrected chi connectivity index (χ3v) is 3.39. The molecule has 1 aromatic rings. The number of pyridine rings is 1. The minimum absolute atomic E-state index is 0.326. The molecular weight excluding hydrogens is 246 g/mol. The van der Waals surface area contributed by atoms with Crippen molar-refractivity contribution in [3.63, 3.8) is 0 Å². The summed E-state index contributed by atoms with van der Waals surface area (Å²) in [4.78, 5) is 4.02. The number of aromatic nitrogens is 1. The Morgan fingerprint density at radius 1 is 1.33 bits per heavy atom. The van der Waals surface area contributed by atoms with Crippen molar-refractivity contribution in [3.8, 4) is 5.75 Å². The van der Waals surface area contributed by atoms with Crippen LogP contribution < -0.4 is 4.74 Å². The van der Waals surface area contributed by atoms with Gasteiger partial charge in [-0.1, -0.05) is 39.3 Å². The predicted octanol–water partition coefficient (Wildman–Crippen LogP) is 5.11. The van der Waals surface area contributed by atoms with E-state index in [9.17, 15) is 0 Å². The molecule has 1 saturated carbocycles. The van der Waals surface area contributed by atoms with E-state index >= 15 is 0 Å². The Hall–Kier alpha value is -0.760. The van der Waals surface area contributed by atoms with Crippen molar-refractivity contribution in [1.29, 1.82) is 0 Å². The standard InChI is InChI=1S/C13H18ClNO.C2H6/c1-13(2)7-3-4-10(8-13)16-11-5-6-12(14)15-9-11;1-2/h5-6,9-10H,3-4,7-8H2,1-2H3;1-2H3. The van der Waals surface area contributed by atoms with Gasteiger partial charge in [-0.15, -0.1) is 0 Å². The van der Waals surface area contributed by atoms with E-state index in [4.69, 9.17) is 16.3 Å². The third kappa shape index (κ3) is 4.85. The quantitative estimate of drug-likeness (QED) is 0.696. The first kappa shape index (κ1) is 15.3. The summed E-state index contributed by atoms with van der Waals surface area (Å²) in [6.45, 7) is 8.62. The van der Waals surface area contributed by atoms with Gasteiger partial charge in [-0.25, -0.2) is 4.98 Å². The number of hydrogen-bond acceptors (Lipinski definition) is 2. The zero-order chi connectivity index (χ0) is 13.6. The molecule has 0 bridgehead atoms. The average molecular weight is 270 g/mol. The maximum Gasteiger partial charge on any atom is 0.138 e. The molecular formula is C15H24ClNO. The van der Waals surface area contributed by atoms with E-state index < -0.39 is 0 Å². The van der Waals surface area contributed by atoms with Crippen molar-refractivity contribution in [2.24, 2.45) is 5.41 Å². The number of nitrogens with zero attached hydrogens (tertiary/aromatic N) is 1. The van der Waals surface area contributed by atoms with Crippen LogP contribution in [0.3, 0.4) is 0 Å². The lowest BCUT2D eigenvalue weighted by atomic mass is 9.76. The molecule has 0 amide bonds.